The van der Waals surface area contributed by atoms with Crippen LogP contribution in [0.3, 0.4) is 0 Å². The van der Waals surface area contributed by atoms with Crippen LogP contribution in [0.2, 0.25) is 0 Å². The molecule has 1 fully saturated rings. The van der Waals surface area contributed by atoms with Gasteiger partial charge in [0.25, 0.3) is 5.69 Å². The fraction of sp³-hybridized carbons (Fsp3) is 0.500. The molecule has 1 aromatic rings. The van der Waals surface area contributed by atoms with E-state index in [1.165, 1.54) is 6.07 Å². The Balaban J connectivity index is 2.10. The molecular weight excluding hydrogens is 285 g/mol. The van der Waals surface area contributed by atoms with Crippen molar-refractivity contribution in [3.63, 3.8) is 0 Å². The third-order valence-corrected chi connectivity index (χ3v) is 3.81. The van der Waals surface area contributed by atoms with Crippen molar-refractivity contribution in [3.8, 4) is 0 Å². The molecule has 0 unspecified atom stereocenters. The van der Waals surface area contributed by atoms with Crippen LogP contribution in [0.4, 0.5) is 15.8 Å². The number of nitro groups is 1. The lowest BCUT2D eigenvalue weighted by atomic mass is 9.96. The van der Waals surface area contributed by atoms with Crippen LogP contribution in [-0.2, 0) is 4.74 Å². The van der Waals surface area contributed by atoms with Gasteiger partial charge >= 0.3 is 0 Å². The van der Waals surface area contributed by atoms with Gasteiger partial charge in [0.2, 0.25) is 0 Å². The third-order valence-electron chi connectivity index (χ3n) is 3.29. The minimum atomic E-state index is -1.38. The Kier molecular flexibility index (Phi) is 4.79. The van der Waals surface area contributed by atoms with Crippen LogP contribution in [0.1, 0.15) is 12.8 Å². The van der Waals surface area contributed by atoms with Gasteiger partial charge in [-0.05, 0) is 24.1 Å². The first-order chi connectivity index (χ1) is 9.54. The highest BCUT2D eigenvalue weighted by Gasteiger charge is 2.32. The number of benzene rings is 1. The van der Waals surface area contributed by atoms with E-state index in [4.69, 9.17) is 9.88 Å². The Morgan fingerprint density at radius 3 is 2.80 bits per heavy atom. The first kappa shape index (κ1) is 15.0. The summed E-state index contributed by atoms with van der Waals surface area (Å²) in [6.07, 6.45) is 0.592. The van der Waals surface area contributed by atoms with Crippen molar-refractivity contribution in [2.24, 2.45) is 5.14 Å². The van der Waals surface area contributed by atoms with Crippen LogP contribution in [0.5, 0.6) is 0 Å². The molecule has 0 bridgehead atoms. The van der Waals surface area contributed by atoms with Crippen molar-refractivity contribution < 1.29 is 14.1 Å². The monoisotopic (exact) mass is 301 g/mol. The molecule has 1 aromatic carbocycles. The lowest BCUT2D eigenvalue weighted by Crippen LogP contribution is -2.38. The molecule has 110 valence electrons. The van der Waals surface area contributed by atoms with Crippen LogP contribution in [-0.4, -0.2) is 30.4 Å². The molecule has 0 radical (unpaired) electrons. The minimum Gasteiger partial charge on any atom is -0.381 e. The number of nitrogens with two attached hydrogens (primary N) is 1. The van der Waals surface area contributed by atoms with Crippen LogP contribution in [0.25, 0.3) is 0 Å². The number of nitrogens with one attached hydrogen (secondary N) is 1. The molecule has 0 aliphatic carbocycles. The molecule has 0 atom stereocenters. The van der Waals surface area contributed by atoms with Gasteiger partial charge in [-0.1, -0.05) is 0 Å². The van der Waals surface area contributed by atoms with E-state index in [9.17, 15) is 14.5 Å². The second-order valence-electron chi connectivity index (χ2n) is 4.67. The number of alkyl halides is 1. The van der Waals surface area contributed by atoms with E-state index in [1.807, 2.05) is 0 Å². The Bertz CT molecular complexity index is 495. The zero-order valence-corrected chi connectivity index (χ0v) is 11.6. The van der Waals surface area contributed by atoms with Gasteiger partial charge in [0.1, 0.15) is 11.4 Å². The topological polar surface area (TPSA) is 90.4 Å². The van der Waals surface area contributed by atoms with Crippen molar-refractivity contribution in [3.05, 3.63) is 28.3 Å². The average Bonchev–Trinajstić information content (AvgIpc) is 2.45. The molecule has 0 aromatic heterocycles. The van der Waals surface area contributed by atoms with Gasteiger partial charge in [-0.3, -0.25) is 15.3 Å². The predicted molar refractivity (Wildman–Crippen MR) is 75.5 cm³/mol. The van der Waals surface area contributed by atoms with E-state index in [0.29, 0.717) is 36.6 Å². The van der Waals surface area contributed by atoms with E-state index in [0.717, 1.165) is 11.9 Å². The average molecular weight is 301 g/mol. The largest absolute Gasteiger partial charge is 0.381 e. The molecule has 8 heteroatoms. The number of nitrogens with zero attached hydrogens (tertiary/aromatic N) is 1. The van der Waals surface area contributed by atoms with Crippen molar-refractivity contribution in [1.29, 1.82) is 0 Å². The zero-order chi connectivity index (χ0) is 14.6. The standard InChI is InChI=1S/C12H16FN3O3S/c13-12(3-5-19-6-4-12)8-15-10-2-1-9(20-14)7-11(10)16(17)18/h1-2,7,15H,3-6,8,14H2. The predicted octanol–water partition coefficient (Wildman–Crippen LogP) is 2.49. The summed E-state index contributed by atoms with van der Waals surface area (Å²) in [6.45, 7) is 0.790. The summed E-state index contributed by atoms with van der Waals surface area (Å²) in [6, 6.07) is 4.59. The Labute approximate surface area is 120 Å². The van der Waals surface area contributed by atoms with Gasteiger partial charge in [0, 0.05) is 43.6 Å². The molecule has 20 heavy (non-hydrogen) atoms. The van der Waals surface area contributed by atoms with Gasteiger partial charge in [-0.2, -0.15) is 0 Å². The molecule has 0 amide bonds. The number of nitro benzene ring substituents is 1. The van der Waals surface area contributed by atoms with Crippen molar-refractivity contribution in [1.82, 2.24) is 0 Å². The van der Waals surface area contributed by atoms with Gasteiger partial charge in [-0.15, -0.1) is 0 Å². The fourth-order valence-electron chi connectivity index (χ4n) is 2.05. The summed E-state index contributed by atoms with van der Waals surface area (Å²) in [5.74, 6) is 0. The molecule has 2 rings (SSSR count). The third kappa shape index (κ3) is 3.59. The lowest BCUT2D eigenvalue weighted by molar-refractivity contribution is -0.384. The molecular formula is C12H16FN3O3S. The molecule has 1 aliphatic heterocycles. The van der Waals surface area contributed by atoms with Gasteiger partial charge in [0.05, 0.1) is 4.92 Å². The van der Waals surface area contributed by atoms with E-state index in [1.54, 1.807) is 12.1 Å². The van der Waals surface area contributed by atoms with Crippen molar-refractivity contribution >= 4 is 23.3 Å². The Morgan fingerprint density at radius 2 is 2.20 bits per heavy atom. The van der Waals surface area contributed by atoms with E-state index in [2.05, 4.69) is 5.32 Å². The maximum Gasteiger partial charge on any atom is 0.293 e. The molecule has 3 N–H and O–H groups in total. The number of hydrogen-bond donors (Lipinski definition) is 2. The molecule has 0 saturated carbocycles. The summed E-state index contributed by atoms with van der Waals surface area (Å²) in [5.41, 5.74) is -1.18. The summed E-state index contributed by atoms with van der Waals surface area (Å²) >= 11 is 0.932. The highest BCUT2D eigenvalue weighted by molar-refractivity contribution is 7.97. The van der Waals surface area contributed by atoms with E-state index in [-0.39, 0.29) is 12.2 Å². The zero-order valence-electron chi connectivity index (χ0n) is 10.8. The first-order valence-electron chi connectivity index (χ1n) is 6.20. The van der Waals surface area contributed by atoms with Crippen LogP contribution >= 0.6 is 11.9 Å². The highest BCUT2D eigenvalue weighted by atomic mass is 32.2. The Morgan fingerprint density at radius 1 is 1.50 bits per heavy atom. The molecule has 1 aliphatic rings. The number of rotatable bonds is 5. The molecule has 0 spiro atoms. The maximum atomic E-state index is 14.4. The Hall–Kier alpha value is -1.38. The quantitative estimate of drug-likeness (QED) is 0.493. The van der Waals surface area contributed by atoms with Crippen LogP contribution < -0.4 is 10.5 Å². The van der Waals surface area contributed by atoms with Crippen LogP contribution in [0.15, 0.2) is 23.1 Å². The second kappa shape index (κ2) is 6.38. The van der Waals surface area contributed by atoms with Crippen molar-refractivity contribution in [2.75, 3.05) is 25.1 Å². The number of anilines is 1. The summed E-state index contributed by atoms with van der Waals surface area (Å²) < 4.78 is 19.5. The normalized spacial score (nSPS) is 17.7. The van der Waals surface area contributed by atoms with Crippen LogP contribution in [0, 0.1) is 10.1 Å². The summed E-state index contributed by atoms with van der Waals surface area (Å²) in [5, 5.41) is 19.2. The van der Waals surface area contributed by atoms with Gasteiger partial charge < -0.3 is 10.1 Å². The van der Waals surface area contributed by atoms with Gasteiger partial charge in [-0.25, -0.2) is 4.39 Å². The number of halogens is 1. The SMILES string of the molecule is NSc1ccc(NCC2(F)CCOCC2)c([N+](=O)[O-])c1. The minimum absolute atomic E-state index is 0.0340. The lowest BCUT2D eigenvalue weighted by Gasteiger charge is -2.29. The summed E-state index contributed by atoms with van der Waals surface area (Å²) in [7, 11) is 0. The van der Waals surface area contributed by atoms with Gasteiger partial charge in [0.15, 0.2) is 0 Å². The molecule has 6 nitrogen and oxygen atoms in total. The molecule has 1 saturated heterocycles. The highest BCUT2D eigenvalue weighted by Crippen LogP contribution is 2.31. The van der Waals surface area contributed by atoms with E-state index < -0.39 is 10.6 Å². The van der Waals surface area contributed by atoms with Crippen molar-refractivity contribution in [2.45, 2.75) is 23.4 Å². The summed E-state index contributed by atoms with van der Waals surface area (Å²) in [4.78, 5) is 11.1. The fourth-order valence-corrected chi connectivity index (χ4v) is 2.38. The number of ether oxygens (including phenoxy) is 1. The maximum absolute atomic E-state index is 14.4. The number of hydrogen-bond acceptors (Lipinski definition) is 6. The van der Waals surface area contributed by atoms with E-state index >= 15 is 0 Å². The first-order valence-corrected chi connectivity index (χ1v) is 7.08. The smallest absolute Gasteiger partial charge is 0.293 e. The molecule has 1 heterocycles. The second-order valence-corrected chi connectivity index (χ2v) is 5.38.